The lowest BCUT2D eigenvalue weighted by Crippen LogP contribution is -2.53. The average Bonchev–Trinajstić information content (AvgIpc) is 3.15. The highest BCUT2D eigenvalue weighted by Gasteiger charge is 2.32. The number of sulfonamides is 1. The van der Waals surface area contributed by atoms with Crippen LogP contribution in [-0.2, 0) is 14.8 Å². The normalized spacial score (nSPS) is 17.0. The highest BCUT2D eigenvalue weighted by molar-refractivity contribution is 7.91. The van der Waals surface area contributed by atoms with Crippen molar-refractivity contribution >= 4 is 50.2 Å². The Balaban J connectivity index is 1.57. The zero-order chi connectivity index (χ0) is 21.2. The van der Waals surface area contributed by atoms with E-state index >= 15 is 0 Å². The molecule has 1 aliphatic heterocycles. The van der Waals surface area contributed by atoms with E-state index in [0.29, 0.717) is 23.1 Å². The molecule has 12 heteroatoms. The summed E-state index contributed by atoms with van der Waals surface area (Å²) < 4.78 is 27.3. The maximum Gasteiger partial charge on any atom is 0.269 e. The van der Waals surface area contributed by atoms with Crippen LogP contribution in [0.4, 0.5) is 11.4 Å². The second-order valence-electron chi connectivity index (χ2n) is 6.47. The number of hydrogen-bond donors (Lipinski definition) is 1. The number of nitrogens with zero attached hydrogens (tertiary/aromatic N) is 3. The Bertz CT molecular complexity index is 1000. The van der Waals surface area contributed by atoms with Gasteiger partial charge in [0, 0.05) is 44.0 Å². The quantitative estimate of drug-likeness (QED) is 0.526. The van der Waals surface area contributed by atoms with Gasteiger partial charge in [0.25, 0.3) is 15.7 Å². The van der Waals surface area contributed by atoms with Crippen LogP contribution in [0.5, 0.6) is 0 Å². The highest BCUT2D eigenvalue weighted by Crippen LogP contribution is 2.28. The van der Waals surface area contributed by atoms with Gasteiger partial charge >= 0.3 is 0 Å². The Hall–Kier alpha value is -2.05. The number of non-ortho nitro benzene ring substituents is 1. The molecule has 1 atom stereocenters. The van der Waals surface area contributed by atoms with E-state index in [1.54, 1.807) is 13.0 Å². The number of thiophene rings is 1. The first-order chi connectivity index (χ1) is 13.7. The van der Waals surface area contributed by atoms with Gasteiger partial charge in [-0.05, 0) is 31.2 Å². The number of nitro benzene ring substituents is 1. The number of hydrogen-bond acceptors (Lipinski definition) is 7. The van der Waals surface area contributed by atoms with Gasteiger partial charge in [-0.2, -0.15) is 4.31 Å². The SMILES string of the molecule is CC(C(=O)Nc1ccc([N+](=O)[O-])cc1)N1CCN(S(=O)(=O)c2ccc(Cl)s2)CC1. The van der Waals surface area contributed by atoms with Crippen molar-refractivity contribution in [2.45, 2.75) is 17.2 Å². The Kier molecular flexibility index (Phi) is 6.54. The molecule has 9 nitrogen and oxygen atoms in total. The van der Waals surface area contributed by atoms with Gasteiger partial charge in [0.1, 0.15) is 4.21 Å². The molecule has 0 spiro atoms. The number of carbonyl (C=O) groups is 1. The van der Waals surface area contributed by atoms with Gasteiger partial charge in [-0.1, -0.05) is 11.6 Å². The van der Waals surface area contributed by atoms with Gasteiger partial charge in [0.15, 0.2) is 0 Å². The number of piperazine rings is 1. The molecule has 1 unspecified atom stereocenters. The number of anilines is 1. The van der Waals surface area contributed by atoms with Gasteiger partial charge in [-0.15, -0.1) is 11.3 Å². The predicted octanol–water partition coefficient (Wildman–Crippen LogP) is 2.64. The summed E-state index contributed by atoms with van der Waals surface area (Å²) >= 11 is 6.87. The van der Waals surface area contributed by atoms with Gasteiger partial charge in [-0.3, -0.25) is 19.8 Å². The smallest absolute Gasteiger partial charge is 0.269 e. The second kappa shape index (κ2) is 8.76. The zero-order valence-corrected chi connectivity index (χ0v) is 17.8. The predicted molar refractivity (Wildman–Crippen MR) is 111 cm³/mol. The number of nitro groups is 1. The first-order valence-electron chi connectivity index (χ1n) is 8.73. The lowest BCUT2D eigenvalue weighted by Gasteiger charge is -2.36. The van der Waals surface area contributed by atoms with Crippen LogP contribution in [0.2, 0.25) is 4.34 Å². The molecule has 1 aromatic heterocycles. The molecule has 1 fully saturated rings. The molecule has 3 rings (SSSR count). The van der Waals surface area contributed by atoms with Crippen LogP contribution in [-0.4, -0.2) is 60.7 Å². The summed E-state index contributed by atoms with van der Waals surface area (Å²) in [6.45, 7) is 3.10. The van der Waals surface area contributed by atoms with Crippen LogP contribution in [0.1, 0.15) is 6.92 Å². The number of nitrogens with one attached hydrogen (secondary N) is 1. The van der Waals surface area contributed by atoms with E-state index in [-0.39, 0.29) is 28.9 Å². The third kappa shape index (κ3) is 4.93. The topological polar surface area (TPSA) is 113 Å². The fraction of sp³-hybridized carbons (Fsp3) is 0.353. The molecule has 0 radical (unpaired) electrons. The number of halogens is 1. The molecule has 2 heterocycles. The zero-order valence-electron chi connectivity index (χ0n) is 15.4. The van der Waals surface area contributed by atoms with Crippen molar-refractivity contribution < 1.29 is 18.1 Å². The van der Waals surface area contributed by atoms with E-state index in [9.17, 15) is 23.3 Å². The third-order valence-electron chi connectivity index (χ3n) is 4.69. The van der Waals surface area contributed by atoms with Crippen LogP contribution < -0.4 is 5.32 Å². The van der Waals surface area contributed by atoms with Crippen molar-refractivity contribution in [2.75, 3.05) is 31.5 Å². The fourth-order valence-corrected chi connectivity index (χ4v) is 6.03. The Morgan fingerprint density at radius 1 is 1.17 bits per heavy atom. The number of carbonyl (C=O) groups excluding carboxylic acids is 1. The largest absolute Gasteiger partial charge is 0.325 e. The van der Waals surface area contributed by atoms with E-state index < -0.39 is 21.0 Å². The Morgan fingerprint density at radius 2 is 1.79 bits per heavy atom. The molecule has 2 aromatic rings. The molecule has 1 N–H and O–H groups in total. The third-order valence-corrected chi connectivity index (χ3v) is 8.29. The molecule has 29 heavy (non-hydrogen) atoms. The highest BCUT2D eigenvalue weighted by atomic mass is 35.5. The van der Waals surface area contributed by atoms with Gasteiger partial charge in [0.2, 0.25) is 5.91 Å². The molecular formula is C17H19ClN4O5S2. The minimum absolute atomic E-state index is 0.0552. The standard InChI is InChI=1S/C17H19ClN4O5S2/c1-12(17(23)19-13-2-4-14(5-3-13)22(24)25)20-8-10-21(11-9-20)29(26,27)16-7-6-15(18)28-16/h2-7,12H,8-11H2,1H3,(H,19,23). The van der Waals surface area contributed by atoms with Crippen molar-refractivity contribution in [1.29, 1.82) is 0 Å². The van der Waals surface area contributed by atoms with Crippen LogP contribution >= 0.6 is 22.9 Å². The second-order valence-corrected chi connectivity index (χ2v) is 10.3. The molecule has 156 valence electrons. The minimum Gasteiger partial charge on any atom is -0.325 e. The summed E-state index contributed by atoms with van der Waals surface area (Å²) in [4.78, 5) is 24.6. The molecule has 1 amide bonds. The van der Waals surface area contributed by atoms with Gasteiger partial charge in [-0.25, -0.2) is 8.42 Å². The maximum absolute atomic E-state index is 12.7. The summed E-state index contributed by atoms with van der Waals surface area (Å²) in [7, 11) is -3.59. The van der Waals surface area contributed by atoms with Crippen LogP contribution in [0.15, 0.2) is 40.6 Å². The first kappa shape index (κ1) is 21.7. The molecule has 0 bridgehead atoms. The molecule has 1 aromatic carbocycles. The Labute approximate surface area is 177 Å². The van der Waals surface area contributed by atoms with Crippen LogP contribution in [0.3, 0.4) is 0 Å². The van der Waals surface area contributed by atoms with E-state index in [4.69, 9.17) is 11.6 Å². The molecular weight excluding hydrogens is 440 g/mol. The van der Waals surface area contributed by atoms with Crippen molar-refractivity contribution in [3.05, 3.63) is 50.8 Å². The average molecular weight is 459 g/mol. The number of amides is 1. The molecule has 0 aliphatic carbocycles. The van der Waals surface area contributed by atoms with Crippen LogP contribution in [0.25, 0.3) is 0 Å². The maximum atomic E-state index is 12.7. The monoisotopic (exact) mass is 458 g/mol. The fourth-order valence-electron chi connectivity index (χ4n) is 2.97. The van der Waals surface area contributed by atoms with E-state index in [1.165, 1.54) is 34.6 Å². The summed E-state index contributed by atoms with van der Waals surface area (Å²) in [6.07, 6.45) is 0. The number of benzene rings is 1. The van der Waals surface area contributed by atoms with Crippen molar-refractivity contribution in [1.82, 2.24) is 9.21 Å². The minimum atomic E-state index is -3.59. The van der Waals surface area contributed by atoms with E-state index in [0.717, 1.165) is 11.3 Å². The van der Waals surface area contributed by atoms with Crippen LogP contribution in [0, 0.1) is 10.1 Å². The summed E-state index contributed by atoms with van der Waals surface area (Å²) in [5, 5.41) is 13.4. The molecule has 0 saturated carbocycles. The molecule has 1 saturated heterocycles. The summed E-state index contributed by atoms with van der Waals surface area (Å²) in [6, 6.07) is 8.15. The Morgan fingerprint density at radius 3 is 2.31 bits per heavy atom. The first-order valence-corrected chi connectivity index (χ1v) is 11.4. The summed E-state index contributed by atoms with van der Waals surface area (Å²) in [5.74, 6) is -0.264. The summed E-state index contributed by atoms with van der Waals surface area (Å²) in [5.41, 5.74) is 0.406. The van der Waals surface area contributed by atoms with Crippen molar-refractivity contribution in [3.63, 3.8) is 0 Å². The lowest BCUT2D eigenvalue weighted by atomic mass is 10.2. The van der Waals surface area contributed by atoms with E-state index in [2.05, 4.69) is 5.32 Å². The van der Waals surface area contributed by atoms with Crippen molar-refractivity contribution in [2.24, 2.45) is 0 Å². The number of rotatable bonds is 6. The van der Waals surface area contributed by atoms with Gasteiger partial charge in [0.05, 0.1) is 15.3 Å². The molecule has 1 aliphatic rings. The lowest BCUT2D eigenvalue weighted by molar-refractivity contribution is -0.384. The van der Waals surface area contributed by atoms with Crippen molar-refractivity contribution in [3.8, 4) is 0 Å². The van der Waals surface area contributed by atoms with E-state index in [1.807, 2.05) is 4.90 Å². The van der Waals surface area contributed by atoms with Gasteiger partial charge < -0.3 is 5.32 Å².